The minimum Gasteiger partial charge on any atom is -0.465 e. The lowest BCUT2D eigenvalue weighted by Gasteiger charge is -2.46. The first-order valence-electron chi connectivity index (χ1n) is 12.5. The molecule has 3 unspecified atom stereocenters. The van der Waals surface area contributed by atoms with Crippen molar-refractivity contribution in [2.45, 2.75) is 50.0 Å². The Hall–Kier alpha value is -3.54. The first-order chi connectivity index (χ1) is 18.5. The van der Waals surface area contributed by atoms with E-state index in [2.05, 4.69) is 5.32 Å². The van der Waals surface area contributed by atoms with Gasteiger partial charge in [-0.2, -0.15) is 0 Å². The largest absolute Gasteiger partial charge is 0.465 e. The molecule has 0 bridgehead atoms. The number of thiazole rings is 1. The van der Waals surface area contributed by atoms with E-state index in [4.69, 9.17) is 19.6 Å². The second-order valence-electron chi connectivity index (χ2n) is 9.17. The van der Waals surface area contributed by atoms with Crippen LogP contribution in [0, 0.1) is 0 Å². The zero-order valence-electron chi connectivity index (χ0n) is 22.1. The fraction of sp³-hybridized carbons (Fsp3) is 0.321. The van der Waals surface area contributed by atoms with Crippen molar-refractivity contribution in [3.8, 4) is 11.3 Å². The Morgan fingerprint density at radius 3 is 2.41 bits per heavy atom. The molecule has 2 heterocycles. The number of aromatic nitrogens is 1. The molecule has 206 valence electrons. The number of carbonyl (C=O) groups is 2. The normalized spacial score (nSPS) is 21.3. The van der Waals surface area contributed by atoms with Gasteiger partial charge in [0, 0.05) is 28.6 Å². The van der Waals surface area contributed by atoms with E-state index in [0.29, 0.717) is 27.5 Å². The molecular formula is C28H31N3O6S2. The van der Waals surface area contributed by atoms with Gasteiger partial charge in [-0.15, -0.1) is 11.3 Å². The maximum Gasteiger partial charge on any atom is 0.336 e. The Morgan fingerprint density at radius 1 is 1.08 bits per heavy atom. The quantitative estimate of drug-likeness (QED) is 0.390. The molecule has 39 heavy (non-hydrogen) atoms. The lowest BCUT2D eigenvalue weighted by Crippen LogP contribution is -2.60. The van der Waals surface area contributed by atoms with Crippen LogP contribution in [0.3, 0.4) is 0 Å². The van der Waals surface area contributed by atoms with E-state index >= 15 is 0 Å². The Kier molecular flexibility index (Phi) is 8.24. The van der Waals surface area contributed by atoms with Crippen molar-refractivity contribution in [1.82, 2.24) is 10.3 Å². The molecule has 1 aromatic heterocycles. The molecule has 3 N–H and O–H groups in total. The minimum atomic E-state index is -3.93. The molecule has 1 aliphatic rings. The summed E-state index contributed by atoms with van der Waals surface area (Å²) in [6.07, 6.45) is 0. The monoisotopic (exact) mass is 569 g/mol. The maximum atomic E-state index is 14.1. The van der Waals surface area contributed by atoms with Crippen LogP contribution in [-0.2, 0) is 34.5 Å². The minimum absolute atomic E-state index is 0.0484. The summed E-state index contributed by atoms with van der Waals surface area (Å²) in [6, 6.07) is 14.9. The van der Waals surface area contributed by atoms with Crippen molar-refractivity contribution in [2.24, 2.45) is 5.14 Å². The molecule has 9 nitrogen and oxygen atoms in total. The number of allylic oxidation sites excluding steroid dienone is 1. The average Bonchev–Trinajstić information content (AvgIpc) is 3.39. The van der Waals surface area contributed by atoms with E-state index in [0.717, 1.165) is 5.56 Å². The van der Waals surface area contributed by atoms with Crippen molar-refractivity contribution in [3.05, 3.63) is 81.8 Å². The molecular weight excluding hydrogens is 538 g/mol. The van der Waals surface area contributed by atoms with Crippen LogP contribution in [0.25, 0.3) is 11.3 Å². The van der Waals surface area contributed by atoms with Gasteiger partial charge >= 0.3 is 11.9 Å². The van der Waals surface area contributed by atoms with E-state index in [-0.39, 0.29) is 18.1 Å². The number of hydrogen-bond acceptors (Lipinski definition) is 9. The van der Waals surface area contributed by atoms with Gasteiger partial charge in [-0.25, -0.2) is 23.3 Å². The third-order valence-corrected chi connectivity index (χ3v) is 8.73. The molecule has 0 amide bonds. The Balaban J connectivity index is 2.00. The SMILES string of the molecule is CCOC(=O)C1=C(C)NC(C)C(C(=O)OCC)(c2nc(-c3cccc(S(N)(=O)=O)c3)cs2)C1c1ccccc1. The molecule has 0 radical (unpaired) electrons. The smallest absolute Gasteiger partial charge is 0.336 e. The van der Waals surface area contributed by atoms with Gasteiger partial charge in [0.25, 0.3) is 0 Å². The van der Waals surface area contributed by atoms with Crippen LogP contribution in [0.2, 0.25) is 0 Å². The summed E-state index contributed by atoms with van der Waals surface area (Å²) < 4.78 is 35.0. The number of primary sulfonamides is 1. The molecule has 0 saturated carbocycles. The zero-order valence-corrected chi connectivity index (χ0v) is 23.8. The van der Waals surface area contributed by atoms with Gasteiger partial charge in [-0.3, -0.25) is 4.79 Å². The van der Waals surface area contributed by atoms with E-state index in [9.17, 15) is 18.0 Å². The lowest BCUT2D eigenvalue weighted by atomic mass is 9.62. The highest BCUT2D eigenvalue weighted by molar-refractivity contribution is 7.89. The van der Waals surface area contributed by atoms with E-state index in [1.54, 1.807) is 38.3 Å². The van der Waals surface area contributed by atoms with Gasteiger partial charge in [-0.05, 0) is 45.4 Å². The highest BCUT2D eigenvalue weighted by atomic mass is 32.2. The van der Waals surface area contributed by atoms with E-state index < -0.39 is 39.3 Å². The third kappa shape index (κ3) is 5.21. The summed E-state index contributed by atoms with van der Waals surface area (Å²) in [5, 5.41) is 10.8. The van der Waals surface area contributed by atoms with Crippen LogP contribution in [0.5, 0.6) is 0 Å². The second kappa shape index (κ2) is 11.3. The molecule has 4 rings (SSSR count). The fourth-order valence-electron chi connectivity index (χ4n) is 5.14. The average molecular weight is 570 g/mol. The molecule has 2 aromatic carbocycles. The molecule has 3 aromatic rings. The maximum absolute atomic E-state index is 14.1. The highest BCUT2D eigenvalue weighted by Gasteiger charge is 2.60. The number of sulfonamides is 1. The summed E-state index contributed by atoms with van der Waals surface area (Å²) >= 11 is 1.24. The lowest BCUT2D eigenvalue weighted by molar-refractivity contribution is -0.153. The van der Waals surface area contributed by atoms with Gasteiger partial charge in [-0.1, -0.05) is 42.5 Å². The molecule has 1 aliphatic heterocycles. The van der Waals surface area contributed by atoms with Crippen LogP contribution >= 0.6 is 11.3 Å². The molecule has 3 atom stereocenters. The topological polar surface area (TPSA) is 138 Å². The van der Waals surface area contributed by atoms with E-state index in [1.165, 1.54) is 23.5 Å². The Labute approximate surface area is 232 Å². The summed E-state index contributed by atoms with van der Waals surface area (Å²) in [4.78, 5) is 32.3. The van der Waals surface area contributed by atoms with Crippen LogP contribution in [0.1, 0.15) is 44.2 Å². The first-order valence-corrected chi connectivity index (χ1v) is 14.9. The van der Waals surface area contributed by atoms with E-state index in [1.807, 2.05) is 37.3 Å². The molecule has 0 saturated heterocycles. The molecule has 0 aliphatic carbocycles. The summed E-state index contributed by atoms with van der Waals surface area (Å²) in [7, 11) is -3.93. The summed E-state index contributed by atoms with van der Waals surface area (Å²) in [5.74, 6) is -1.84. The summed E-state index contributed by atoms with van der Waals surface area (Å²) in [5.41, 5.74) is 1.20. The number of esters is 2. The van der Waals surface area contributed by atoms with Gasteiger partial charge in [0.1, 0.15) is 5.01 Å². The molecule has 11 heteroatoms. The van der Waals surface area contributed by atoms with Gasteiger partial charge in [0.2, 0.25) is 10.0 Å². The Morgan fingerprint density at radius 2 is 1.77 bits per heavy atom. The predicted molar refractivity (Wildman–Crippen MR) is 148 cm³/mol. The fourth-order valence-corrected chi connectivity index (χ4v) is 6.83. The first kappa shape index (κ1) is 28.5. The second-order valence-corrected chi connectivity index (χ2v) is 11.6. The van der Waals surface area contributed by atoms with Crippen molar-refractivity contribution >= 4 is 33.3 Å². The number of nitrogens with zero attached hydrogens (tertiary/aromatic N) is 1. The van der Waals surface area contributed by atoms with Crippen molar-refractivity contribution in [2.75, 3.05) is 13.2 Å². The molecule has 0 fully saturated rings. The summed E-state index contributed by atoms with van der Waals surface area (Å²) in [6.45, 7) is 7.40. The number of hydrogen-bond donors (Lipinski definition) is 2. The number of ether oxygens (including phenoxy) is 2. The van der Waals surface area contributed by atoms with Crippen LogP contribution < -0.4 is 10.5 Å². The Bertz CT molecular complexity index is 1520. The number of benzene rings is 2. The number of rotatable bonds is 8. The van der Waals surface area contributed by atoms with Crippen LogP contribution in [0.15, 0.2) is 76.1 Å². The highest BCUT2D eigenvalue weighted by Crippen LogP contribution is 2.52. The van der Waals surface area contributed by atoms with Gasteiger partial charge in [0.05, 0.1) is 29.4 Å². The predicted octanol–water partition coefficient (Wildman–Crippen LogP) is 3.87. The molecule has 0 spiro atoms. The van der Waals surface area contributed by atoms with Crippen molar-refractivity contribution < 1.29 is 27.5 Å². The van der Waals surface area contributed by atoms with Gasteiger partial charge in [0.15, 0.2) is 5.41 Å². The number of carbonyl (C=O) groups excluding carboxylic acids is 2. The van der Waals surface area contributed by atoms with Crippen LogP contribution in [-0.4, -0.2) is 44.6 Å². The third-order valence-electron chi connectivity index (χ3n) is 6.82. The number of nitrogens with two attached hydrogens (primary N) is 1. The zero-order chi connectivity index (χ0) is 28.4. The van der Waals surface area contributed by atoms with Crippen molar-refractivity contribution in [3.63, 3.8) is 0 Å². The van der Waals surface area contributed by atoms with Crippen molar-refractivity contribution in [1.29, 1.82) is 0 Å². The standard InChI is InChI=1S/C28H31N3O6S2/c1-5-36-25(32)23-17(3)30-18(4)28(27(33)37-6-2,24(23)19-11-8-7-9-12-19)26-31-22(16-38-26)20-13-10-14-21(15-20)39(29,34)35/h7-16,18,24,30H,5-6H2,1-4H3,(H2,29,34,35). The van der Waals surface area contributed by atoms with Gasteiger partial charge < -0.3 is 14.8 Å². The number of nitrogens with one attached hydrogen (secondary N) is 1. The van der Waals surface area contributed by atoms with Crippen LogP contribution in [0.4, 0.5) is 0 Å².